The summed E-state index contributed by atoms with van der Waals surface area (Å²) in [5.41, 5.74) is 5.66. The van der Waals surface area contributed by atoms with Crippen molar-refractivity contribution in [1.82, 2.24) is 4.98 Å². The third kappa shape index (κ3) is 2.07. The van der Waals surface area contributed by atoms with E-state index in [1.165, 1.54) is 0 Å². The van der Waals surface area contributed by atoms with Gasteiger partial charge in [0.05, 0.1) is 5.52 Å². The van der Waals surface area contributed by atoms with Gasteiger partial charge in [-0.25, -0.2) is 4.79 Å². The highest BCUT2D eigenvalue weighted by molar-refractivity contribution is 9.10. The molecule has 0 aliphatic carbocycles. The number of hydrogen-bond acceptors (Lipinski definition) is 3. The number of nitrogens with two attached hydrogens (primary N) is 1. The molecule has 1 amide bonds. The molecule has 1 aromatic carbocycles. The molecule has 0 spiro atoms. The molecule has 5 heteroatoms. The molecule has 0 aliphatic heterocycles. The lowest BCUT2D eigenvalue weighted by Gasteiger charge is -2.04. The van der Waals surface area contributed by atoms with E-state index in [1.54, 1.807) is 18.3 Å². The van der Waals surface area contributed by atoms with Crippen LogP contribution in [0.2, 0.25) is 0 Å². The number of carbonyl (C=O) groups excluding carboxylic acids is 1. The number of rotatable bonds is 1. The predicted molar refractivity (Wildman–Crippen MR) is 59.7 cm³/mol. The molecule has 1 aromatic heterocycles. The number of amides is 1. The molecule has 0 aliphatic rings. The van der Waals surface area contributed by atoms with Crippen LogP contribution in [0.3, 0.4) is 0 Å². The highest BCUT2D eigenvalue weighted by Gasteiger charge is 2.05. The summed E-state index contributed by atoms with van der Waals surface area (Å²) in [4.78, 5) is 14.7. The average molecular weight is 267 g/mol. The summed E-state index contributed by atoms with van der Waals surface area (Å²) < 4.78 is 5.58. The third-order valence-electron chi connectivity index (χ3n) is 1.86. The molecule has 0 radical (unpaired) electrons. The number of benzene rings is 1. The first kappa shape index (κ1) is 9.92. The molecule has 0 saturated heterocycles. The van der Waals surface area contributed by atoms with Crippen LogP contribution in [0.15, 0.2) is 34.9 Å². The second kappa shape index (κ2) is 3.86. The predicted octanol–water partition coefficient (Wildman–Crippen LogP) is 2.45. The fraction of sp³-hybridized carbons (Fsp3) is 0. The minimum Gasteiger partial charge on any atom is -0.410 e. The van der Waals surface area contributed by atoms with Gasteiger partial charge in [-0.05, 0) is 28.1 Å². The Morgan fingerprint density at radius 1 is 1.47 bits per heavy atom. The average Bonchev–Trinajstić information content (AvgIpc) is 2.16. The number of pyridine rings is 1. The minimum absolute atomic E-state index is 0.376. The summed E-state index contributed by atoms with van der Waals surface area (Å²) in [7, 11) is 0. The lowest BCUT2D eigenvalue weighted by atomic mass is 10.2. The molecule has 0 unspecified atom stereocenters. The molecule has 0 saturated carbocycles. The van der Waals surface area contributed by atoms with E-state index in [-0.39, 0.29) is 0 Å². The van der Waals surface area contributed by atoms with E-state index in [4.69, 9.17) is 10.5 Å². The van der Waals surface area contributed by atoms with Crippen molar-refractivity contribution in [3.05, 3.63) is 34.9 Å². The summed E-state index contributed by atoms with van der Waals surface area (Å²) >= 11 is 3.37. The van der Waals surface area contributed by atoms with E-state index in [0.29, 0.717) is 5.75 Å². The van der Waals surface area contributed by atoms with Gasteiger partial charge in [-0.2, -0.15) is 0 Å². The van der Waals surface area contributed by atoms with Crippen molar-refractivity contribution in [3.8, 4) is 5.75 Å². The van der Waals surface area contributed by atoms with Gasteiger partial charge in [-0.15, -0.1) is 0 Å². The normalized spacial score (nSPS) is 10.2. The Labute approximate surface area is 94.2 Å². The first-order chi connectivity index (χ1) is 7.16. The van der Waals surface area contributed by atoms with Gasteiger partial charge in [0.2, 0.25) is 0 Å². The van der Waals surface area contributed by atoms with E-state index in [1.807, 2.05) is 12.1 Å². The van der Waals surface area contributed by atoms with Gasteiger partial charge < -0.3 is 10.5 Å². The van der Waals surface area contributed by atoms with E-state index >= 15 is 0 Å². The Balaban J connectivity index is 2.57. The van der Waals surface area contributed by atoms with Gasteiger partial charge in [0.25, 0.3) is 0 Å². The zero-order chi connectivity index (χ0) is 10.8. The molecule has 0 atom stereocenters. The van der Waals surface area contributed by atoms with Crippen LogP contribution in [0, 0.1) is 0 Å². The van der Waals surface area contributed by atoms with Crippen LogP contribution in [0.1, 0.15) is 0 Å². The summed E-state index contributed by atoms with van der Waals surface area (Å²) in [6.07, 6.45) is 0.834. The Kier molecular flexibility index (Phi) is 2.55. The molecule has 15 heavy (non-hydrogen) atoms. The SMILES string of the molecule is NC(=O)Oc1cc(Br)c2cccnc2c1. The second-order valence-corrected chi connectivity index (χ2v) is 3.75. The number of aromatic nitrogens is 1. The first-order valence-electron chi connectivity index (χ1n) is 4.18. The van der Waals surface area contributed by atoms with Crippen LogP contribution in [-0.2, 0) is 0 Å². The maximum atomic E-state index is 10.6. The minimum atomic E-state index is -0.836. The largest absolute Gasteiger partial charge is 0.410 e. The van der Waals surface area contributed by atoms with Gasteiger partial charge in [0.1, 0.15) is 5.75 Å². The van der Waals surface area contributed by atoms with Crippen molar-refractivity contribution in [1.29, 1.82) is 0 Å². The highest BCUT2D eigenvalue weighted by atomic mass is 79.9. The smallest absolute Gasteiger partial charge is 0.409 e. The fourth-order valence-electron chi connectivity index (χ4n) is 1.29. The monoisotopic (exact) mass is 266 g/mol. The molecule has 2 N–H and O–H groups in total. The molecule has 2 rings (SSSR count). The molecular weight excluding hydrogens is 260 g/mol. The van der Waals surface area contributed by atoms with Crippen molar-refractivity contribution in [2.75, 3.05) is 0 Å². The standard InChI is InChI=1S/C10H7BrN2O2/c11-8-4-6(15-10(12)14)5-9-7(8)2-1-3-13-9/h1-5H,(H2,12,14). The van der Waals surface area contributed by atoms with Crippen LogP contribution in [0.5, 0.6) is 5.75 Å². The van der Waals surface area contributed by atoms with Crippen LogP contribution in [-0.4, -0.2) is 11.1 Å². The number of carbonyl (C=O) groups is 1. The molecular formula is C10H7BrN2O2. The molecule has 1 heterocycles. The molecule has 2 aromatic rings. The number of halogens is 1. The summed E-state index contributed by atoms with van der Waals surface area (Å²) in [5, 5.41) is 0.953. The van der Waals surface area contributed by atoms with Crippen LogP contribution in [0.25, 0.3) is 10.9 Å². The van der Waals surface area contributed by atoms with Crippen molar-refractivity contribution in [3.63, 3.8) is 0 Å². The Morgan fingerprint density at radius 3 is 3.00 bits per heavy atom. The number of hydrogen-bond donors (Lipinski definition) is 1. The summed E-state index contributed by atoms with van der Waals surface area (Å²) in [6.45, 7) is 0. The van der Waals surface area contributed by atoms with Gasteiger partial charge >= 0.3 is 6.09 Å². The van der Waals surface area contributed by atoms with E-state index < -0.39 is 6.09 Å². The van der Waals surface area contributed by atoms with Gasteiger partial charge in [0.15, 0.2) is 0 Å². The van der Waals surface area contributed by atoms with Crippen molar-refractivity contribution in [2.45, 2.75) is 0 Å². The lowest BCUT2D eigenvalue weighted by Crippen LogP contribution is -2.16. The quantitative estimate of drug-likeness (QED) is 0.863. The van der Waals surface area contributed by atoms with E-state index in [9.17, 15) is 4.79 Å². The molecule has 4 nitrogen and oxygen atoms in total. The van der Waals surface area contributed by atoms with Crippen molar-refractivity contribution >= 4 is 32.9 Å². The number of nitrogens with zero attached hydrogens (tertiary/aromatic N) is 1. The molecule has 0 fully saturated rings. The molecule has 0 bridgehead atoms. The number of fused-ring (bicyclic) bond motifs is 1. The van der Waals surface area contributed by atoms with Crippen LogP contribution >= 0.6 is 15.9 Å². The third-order valence-corrected chi connectivity index (χ3v) is 2.52. The maximum Gasteiger partial charge on any atom is 0.409 e. The summed E-state index contributed by atoms with van der Waals surface area (Å²) in [6, 6.07) is 7.09. The van der Waals surface area contributed by atoms with Gasteiger partial charge in [-0.1, -0.05) is 6.07 Å². The zero-order valence-corrected chi connectivity index (χ0v) is 9.19. The zero-order valence-electron chi connectivity index (χ0n) is 7.61. The van der Waals surface area contributed by atoms with Crippen molar-refractivity contribution in [2.24, 2.45) is 5.73 Å². The van der Waals surface area contributed by atoms with Gasteiger partial charge in [-0.3, -0.25) is 4.98 Å². The van der Waals surface area contributed by atoms with Gasteiger partial charge in [0, 0.05) is 22.1 Å². The van der Waals surface area contributed by atoms with Crippen LogP contribution in [0.4, 0.5) is 4.79 Å². The van der Waals surface area contributed by atoms with E-state index in [2.05, 4.69) is 20.9 Å². The Morgan fingerprint density at radius 2 is 2.27 bits per heavy atom. The second-order valence-electron chi connectivity index (χ2n) is 2.90. The summed E-state index contributed by atoms with van der Waals surface area (Å²) in [5.74, 6) is 0.376. The Bertz CT molecular complexity index is 528. The van der Waals surface area contributed by atoms with Crippen LogP contribution < -0.4 is 10.5 Å². The number of primary amides is 1. The highest BCUT2D eigenvalue weighted by Crippen LogP contribution is 2.27. The lowest BCUT2D eigenvalue weighted by molar-refractivity contribution is 0.211. The van der Waals surface area contributed by atoms with Crippen molar-refractivity contribution < 1.29 is 9.53 Å². The maximum absolute atomic E-state index is 10.6. The first-order valence-corrected chi connectivity index (χ1v) is 4.97. The van der Waals surface area contributed by atoms with E-state index in [0.717, 1.165) is 15.4 Å². The number of ether oxygens (including phenoxy) is 1. The topological polar surface area (TPSA) is 65.2 Å². The fourth-order valence-corrected chi connectivity index (χ4v) is 1.85. The Hall–Kier alpha value is -1.62. The molecule has 76 valence electrons.